The SMILES string of the molecule is CNc1cccc2oc(C(=O)Nc3ccc(-c4ccc(N(S)CC(=O)O)cc4)cc3)c(C)c12. The van der Waals surface area contributed by atoms with Crippen molar-refractivity contribution in [2.45, 2.75) is 6.92 Å². The maximum absolute atomic E-state index is 12.9. The lowest BCUT2D eigenvalue weighted by Crippen LogP contribution is -2.19. The maximum atomic E-state index is 12.9. The van der Waals surface area contributed by atoms with Crippen molar-refractivity contribution >= 4 is 52.7 Å². The number of carboxylic acids is 1. The number of carbonyl (C=O) groups excluding carboxylic acids is 1. The van der Waals surface area contributed by atoms with E-state index in [1.165, 1.54) is 4.31 Å². The standard InChI is InChI=1S/C25H23N3O4S/c1-15-23-20(26-2)4-3-5-21(23)32-24(15)25(31)27-18-10-6-16(7-11-18)17-8-12-19(13-9-17)28(33)14-22(29)30/h3-13,26,33H,14H2,1-2H3,(H,27,31)(H,29,30). The number of nitrogens with one attached hydrogen (secondary N) is 2. The Hall–Kier alpha value is -3.91. The first-order valence-electron chi connectivity index (χ1n) is 10.3. The Bertz CT molecular complexity index is 1310. The Morgan fingerprint density at radius 2 is 1.64 bits per heavy atom. The third-order valence-corrected chi connectivity index (χ3v) is 5.73. The van der Waals surface area contributed by atoms with Crippen molar-refractivity contribution in [3.8, 4) is 11.1 Å². The highest BCUT2D eigenvalue weighted by Gasteiger charge is 2.19. The molecule has 0 radical (unpaired) electrons. The van der Waals surface area contributed by atoms with E-state index in [1.54, 1.807) is 0 Å². The predicted molar refractivity (Wildman–Crippen MR) is 134 cm³/mol. The highest BCUT2D eigenvalue weighted by atomic mass is 32.1. The summed E-state index contributed by atoms with van der Waals surface area (Å²) in [7, 11) is 1.83. The zero-order chi connectivity index (χ0) is 23.5. The van der Waals surface area contributed by atoms with Crippen LogP contribution in [0, 0.1) is 6.92 Å². The molecule has 1 heterocycles. The van der Waals surface area contributed by atoms with Gasteiger partial charge in [0, 0.05) is 35.1 Å². The zero-order valence-electron chi connectivity index (χ0n) is 18.1. The number of carboxylic acid groups (broad SMARTS) is 1. The molecule has 168 valence electrons. The zero-order valence-corrected chi connectivity index (χ0v) is 19.0. The van der Waals surface area contributed by atoms with Crippen molar-refractivity contribution in [2.75, 3.05) is 28.5 Å². The van der Waals surface area contributed by atoms with Crippen LogP contribution >= 0.6 is 12.8 Å². The van der Waals surface area contributed by atoms with E-state index in [-0.39, 0.29) is 18.2 Å². The summed E-state index contributed by atoms with van der Waals surface area (Å²) in [6.07, 6.45) is 0. The molecule has 4 rings (SSSR count). The van der Waals surface area contributed by atoms with Crippen LogP contribution in [0.1, 0.15) is 16.1 Å². The van der Waals surface area contributed by atoms with E-state index in [4.69, 9.17) is 9.52 Å². The molecule has 0 aliphatic rings. The molecule has 3 aromatic carbocycles. The first-order valence-corrected chi connectivity index (χ1v) is 10.7. The number of rotatable bonds is 7. The number of amides is 1. The molecule has 1 aromatic heterocycles. The molecular weight excluding hydrogens is 438 g/mol. The van der Waals surface area contributed by atoms with Crippen LogP contribution in [0.2, 0.25) is 0 Å². The summed E-state index contributed by atoms with van der Waals surface area (Å²) in [6.45, 7) is 1.68. The van der Waals surface area contributed by atoms with Crippen LogP contribution in [-0.2, 0) is 4.79 Å². The van der Waals surface area contributed by atoms with E-state index in [2.05, 4.69) is 23.4 Å². The van der Waals surface area contributed by atoms with Crippen LogP contribution in [0.3, 0.4) is 0 Å². The number of carbonyl (C=O) groups is 2. The number of hydrogen-bond donors (Lipinski definition) is 4. The Kier molecular flexibility index (Phi) is 6.28. The Morgan fingerprint density at radius 1 is 1.00 bits per heavy atom. The molecule has 0 atom stereocenters. The summed E-state index contributed by atoms with van der Waals surface area (Å²) in [5, 5.41) is 15.8. The Labute approximate surface area is 196 Å². The average molecular weight is 462 g/mol. The van der Waals surface area contributed by atoms with Gasteiger partial charge >= 0.3 is 5.97 Å². The monoisotopic (exact) mass is 461 g/mol. The Balaban J connectivity index is 1.49. The third-order valence-electron chi connectivity index (χ3n) is 5.36. The van der Waals surface area contributed by atoms with Gasteiger partial charge in [0.1, 0.15) is 12.1 Å². The maximum Gasteiger partial charge on any atom is 0.324 e. The summed E-state index contributed by atoms with van der Waals surface area (Å²) >= 11 is 4.19. The van der Waals surface area contributed by atoms with Crippen molar-refractivity contribution in [2.24, 2.45) is 0 Å². The van der Waals surface area contributed by atoms with Gasteiger partial charge in [0.05, 0.1) is 0 Å². The second kappa shape index (κ2) is 9.30. The van der Waals surface area contributed by atoms with E-state index in [1.807, 2.05) is 80.7 Å². The summed E-state index contributed by atoms with van der Waals surface area (Å²) in [5.74, 6) is -0.979. The first kappa shape index (κ1) is 22.3. The molecular formula is C25H23N3O4S. The van der Waals surface area contributed by atoms with Crippen molar-refractivity contribution in [1.82, 2.24) is 0 Å². The molecule has 3 N–H and O–H groups in total. The molecule has 0 spiro atoms. The minimum atomic E-state index is -0.952. The Morgan fingerprint density at radius 3 is 2.24 bits per heavy atom. The molecule has 0 aliphatic heterocycles. The van der Waals surface area contributed by atoms with Gasteiger partial charge < -0.3 is 24.5 Å². The number of aryl methyl sites for hydroxylation is 1. The van der Waals surface area contributed by atoms with Crippen molar-refractivity contribution < 1.29 is 19.1 Å². The van der Waals surface area contributed by atoms with Gasteiger partial charge in [0.2, 0.25) is 0 Å². The molecule has 0 saturated carbocycles. The van der Waals surface area contributed by atoms with Crippen molar-refractivity contribution in [3.05, 3.63) is 78.1 Å². The van der Waals surface area contributed by atoms with E-state index >= 15 is 0 Å². The molecule has 33 heavy (non-hydrogen) atoms. The molecule has 0 saturated heterocycles. The van der Waals surface area contributed by atoms with E-state index in [9.17, 15) is 9.59 Å². The molecule has 8 heteroatoms. The molecule has 4 aromatic rings. The summed E-state index contributed by atoms with van der Waals surface area (Å²) < 4.78 is 7.19. The average Bonchev–Trinajstić information content (AvgIpc) is 3.16. The third kappa shape index (κ3) is 4.65. The molecule has 7 nitrogen and oxygen atoms in total. The number of hydrogen-bond acceptors (Lipinski definition) is 6. The summed E-state index contributed by atoms with van der Waals surface area (Å²) in [4.78, 5) is 23.7. The fourth-order valence-corrected chi connectivity index (χ4v) is 3.96. The van der Waals surface area contributed by atoms with Gasteiger partial charge in [0.25, 0.3) is 5.91 Å². The van der Waals surface area contributed by atoms with E-state index < -0.39 is 5.97 Å². The topological polar surface area (TPSA) is 94.8 Å². The fourth-order valence-electron chi connectivity index (χ4n) is 3.71. The van der Waals surface area contributed by atoms with E-state index in [0.717, 1.165) is 27.8 Å². The van der Waals surface area contributed by atoms with Crippen LogP contribution < -0.4 is 14.9 Å². The lowest BCUT2D eigenvalue weighted by atomic mass is 10.0. The lowest BCUT2D eigenvalue weighted by Gasteiger charge is -2.15. The highest BCUT2D eigenvalue weighted by Crippen LogP contribution is 2.32. The van der Waals surface area contributed by atoms with Crippen LogP contribution in [0.25, 0.3) is 22.1 Å². The molecule has 0 aliphatic carbocycles. The van der Waals surface area contributed by atoms with Crippen molar-refractivity contribution in [1.29, 1.82) is 0 Å². The highest BCUT2D eigenvalue weighted by molar-refractivity contribution is 7.81. The van der Waals surface area contributed by atoms with Gasteiger partial charge in [-0.3, -0.25) is 9.59 Å². The quantitative estimate of drug-likeness (QED) is 0.274. The minimum Gasteiger partial charge on any atom is -0.480 e. The fraction of sp³-hybridized carbons (Fsp3) is 0.120. The van der Waals surface area contributed by atoms with Crippen LogP contribution in [0.5, 0.6) is 0 Å². The van der Waals surface area contributed by atoms with Crippen molar-refractivity contribution in [3.63, 3.8) is 0 Å². The van der Waals surface area contributed by atoms with Gasteiger partial charge in [-0.1, -0.05) is 43.1 Å². The van der Waals surface area contributed by atoms with Gasteiger partial charge in [-0.05, 0) is 54.4 Å². The number of benzene rings is 3. The van der Waals surface area contributed by atoms with Gasteiger partial charge in [0.15, 0.2) is 5.76 Å². The van der Waals surface area contributed by atoms with Crippen LogP contribution in [0.15, 0.2) is 71.1 Å². The first-order chi connectivity index (χ1) is 15.9. The smallest absolute Gasteiger partial charge is 0.324 e. The normalized spacial score (nSPS) is 10.8. The van der Waals surface area contributed by atoms with Gasteiger partial charge in [-0.2, -0.15) is 0 Å². The number of thiol groups is 1. The van der Waals surface area contributed by atoms with Crippen LogP contribution in [0.4, 0.5) is 17.1 Å². The summed E-state index contributed by atoms with van der Waals surface area (Å²) in [5.41, 5.74) is 5.61. The largest absolute Gasteiger partial charge is 0.480 e. The molecule has 1 amide bonds. The number of aliphatic carboxylic acids is 1. The number of fused-ring (bicyclic) bond motifs is 1. The number of anilines is 3. The van der Waals surface area contributed by atoms with Gasteiger partial charge in [-0.25, -0.2) is 0 Å². The number of nitrogens with zero attached hydrogens (tertiary/aromatic N) is 1. The van der Waals surface area contributed by atoms with E-state index in [0.29, 0.717) is 17.0 Å². The summed E-state index contributed by atoms with van der Waals surface area (Å²) in [6, 6.07) is 20.5. The predicted octanol–water partition coefficient (Wildman–Crippen LogP) is 5.44. The molecule has 0 fully saturated rings. The lowest BCUT2D eigenvalue weighted by molar-refractivity contribution is -0.135. The minimum absolute atomic E-state index is 0.197. The number of furan rings is 1. The van der Waals surface area contributed by atoms with Crippen LogP contribution in [-0.4, -0.2) is 30.6 Å². The second-order valence-electron chi connectivity index (χ2n) is 7.51. The van der Waals surface area contributed by atoms with Gasteiger partial charge in [-0.15, -0.1) is 0 Å². The second-order valence-corrected chi connectivity index (χ2v) is 8.00. The molecule has 0 bridgehead atoms. The molecule has 0 unspecified atom stereocenters.